The average molecular weight is 593 g/mol. The molecule has 4 aromatic rings. The zero-order chi connectivity index (χ0) is 26.2. The Morgan fingerprint density at radius 2 is 1.95 bits per heavy atom. The van der Waals surface area contributed by atoms with Gasteiger partial charge in [-0.25, -0.2) is 13.9 Å². The molecule has 1 aliphatic heterocycles. The van der Waals surface area contributed by atoms with Crippen LogP contribution in [0.1, 0.15) is 5.56 Å². The van der Waals surface area contributed by atoms with Crippen LogP contribution in [0, 0.1) is 5.82 Å². The molecule has 4 heterocycles. The quantitative estimate of drug-likeness (QED) is 0.312. The molecule has 1 fully saturated rings. The van der Waals surface area contributed by atoms with E-state index in [9.17, 15) is 23.5 Å². The number of phosphoric ester groups is 1. The van der Waals surface area contributed by atoms with Gasteiger partial charge in [-0.15, -0.1) is 0 Å². The molecule has 1 saturated heterocycles. The molecule has 13 heteroatoms. The van der Waals surface area contributed by atoms with Crippen LogP contribution in [0.4, 0.5) is 10.2 Å². The summed E-state index contributed by atoms with van der Waals surface area (Å²) in [6, 6.07) is 11.4. The van der Waals surface area contributed by atoms with E-state index in [0.717, 1.165) is 0 Å². The van der Waals surface area contributed by atoms with Crippen LogP contribution < -0.4 is 10.5 Å². The van der Waals surface area contributed by atoms with Crippen molar-refractivity contribution < 1.29 is 28.0 Å². The van der Waals surface area contributed by atoms with Gasteiger partial charge in [-0.05, 0) is 47.5 Å². The number of fused-ring (bicyclic) bond motifs is 1. The SMILES string of the molecule is O=c1cc(-c2c(N3CCOCC3)n(COP(=O)(O)O)c3ncccc23)ccn1Cc1cc(F)cc(Br)c1. The van der Waals surface area contributed by atoms with E-state index < -0.39 is 20.4 Å². The first-order valence-electron chi connectivity index (χ1n) is 11.4. The first-order valence-corrected chi connectivity index (χ1v) is 13.7. The number of phosphoric acid groups is 1. The summed E-state index contributed by atoms with van der Waals surface area (Å²) in [7, 11) is -4.76. The molecule has 0 unspecified atom stereocenters. The maximum absolute atomic E-state index is 13.8. The summed E-state index contributed by atoms with van der Waals surface area (Å²) in [5.74, 6) is 0.221. The van der Waals surface area contributed by atoms with Crippen LogP contribution in [0.5, 0.6) is 0 Å². The van der Waals surface area contributed by atoms with Gasteiger partial charge >= 0.3 is 7.82 Å². The minimum absolute atomic E-state index is 0.186. The number of morpholine rings is 1. The summed E-state index contributed by atoms with van der Waals surface area (Å²) in [4.78, 5) is 38.3. The fourth-order valence-corrected chi connectivity index (χ4v) is 5.28. The largest absolute Gasteiger partial charge is 0.471 e. The second-order valence-electron chi connectivity index (χ2n) is 8.51. The fraction of sp³-hybridized carbons (Fsp3) is 0.250. The van der Waals surface area contributed by atoms with Gasteiger partial charge in [0.05, 0.1) is 19.8 Å². The topological polar surface area (TPSA) is 119 Å². The fourth-order valence-electron chi connectivity index (χ4n) is 4.50. The Balaban J connectivity index is 1.62. The highest BCUT2D eigenvalue weighted by Gasteiger charge is 2.27. The molecule has 2 N–H and O–H groups in total. The van der Waals surface area contributed by atoms with Gasteiger partial charge in [-0.3, -0.25) is 13.9 Å². The first kappa shape index (κ1) is 25.8. The zero-order valence-corrected chi connectivity index (χ0v) is 21.9. The van der Waals surface area contributed by atoms with Gasteiger partial charge in [-0.1, -0.05) is 15.9 Å². The van der Waals surface area contributed by atoms with Crippen molar-refractivity contribution in [2.24, 2.45) is 0 Å². The van der Waals surface area contributed by atoms with E-state index >= 15 is 0 Å². The van der Waals surface area contributed by atoms with Crippen LogP contribution in [-0.2, 0) is 27.1 Å². The van der Waals surface area contributed by atoms with Crippen molar-refractivity contribution in [3.63, 3.8) is 0 Å². The van der Waals surface area contributed by atoms with Crippen molar-refractivity contribution in [1.29, 1.82) is 0 Å². The Labute approximate surface area is 219 Å². The Morgan fingerprint density at radius 1 is 1.16 bits per heavy atom. The third kappa shape index (κ3) is 5.69. The molecule has 0 spiro atoms. The Bertz CT molecular complexity index is 1540. The third-order valence-corrected chi connectivity index (χ3v) is 6.93. The molecule has 0 bridgehead atoms. The number of rotatable bonds is 7. The Morgan fingerprint density at radius 3 is 2.65 bits per heavy atom. The number of nitrogens with zero attached hydrogens (tertiary/aromatic N) is 4. The number of aromatic nitrogens is 3. The predicted octanol–water partition coefficient (Wildman–Crippen LogP) is 3.72. The number of pyridine rings is 2. The summed E-state index contributed by atoms with van der Waals surface area (Å²) < 4.78 is 39.4. The summed E-state index contributed by atoms with van der Waals surface area (Å²) >= 11 is 3.27. The van der Waals surface area contributed by atoms with Gasteiger partial charge in [0.2, 0.25) is 0 Å². The van der Waals surface area contributed by atoms with Crippen LogP contribution in [0.15, 0.2) is 64.1 Å². The normalized spacial score (nSPS) is 14.4. The van der Waals surface area contributed by atoms with E-state index in [1.165, 1.54) is 22.8 Å². The van der Waals surface area contributed by atoms with Gasteiger partial charge in [0.15, 0.2) is 0 Å². The maximum Gasteiger partial charge on any atom is 0.471 e. The lowest BCUT2D eigenvalue weighted by atomic mass is 10.1. The molecule has 1 aromatic carbocycles. The van der Waals surface area contributed by atoms with E-state index in [0.29, 0.717) is 64.3 Å². The Hall–Kier alpha value is -2.86. The number of hydrogen-bond acceptors (Lipinski definition) is 6. The smallest absolute Gasteiger partial charge is 0.378 e. The third-order valence-electron chi connectivity index (χ3n) is 6.02. The summed E-state index contributed by atoms with van der Waals surface area (Å²) in [5.41, 5.74) is 2.10. The van der Waals surface area contributed by atoms with Crippen LogP contribution in [0.25, 0.3) is 22.2 Å². The molecule has 10 nitrogen and oxygen atoms in total. The predicted molar refractivity (Wildman–Crippen MR) is 139 cm³/mol. The highest BCUT2D eigenvalue weighted by atomic mass is 79.9. The van der Waals surface area contributed by atoms with Crippen LogP contribution in [-0.4, -0.2) is 50.2 Å². The van der Waals surface area contributed by atoms with E-state index in [4.69, 9.17) is 9.26 Å². The van der Waals surface area contributed by atoms with Gasteiger partial charge < -0.3 is 24.0 Å². The van der Waals surface area contributed by atoms with Crippen LogP contribution >= 0.6 is 23.8 Å². The molecule has 0 radical (unpaired) electrons. The molecule has 194 valence electrons. The van der Waals surface area contributed by atoms with Crippen molar-refractivity contribution in [2.75, 3.05) is 31.2 Å². The standard InChI is InChI=1S/C24H23BrFN4O6P/c25-18-10-16(11-19(26)13-18)14-29-5-3-17(12-21(29)31)22-20-2-1-4-27-23(20)30(15-36-37(32,33)34)24(22)28-6-8-35-9-7-28/h1-5,10-13H,6-9,14-15H2,(H2,32,33,34). The monoisotopic (exact) mass is 592 g/mol. The zero-order valence-electron chi connectivity index (χ0n) is 19.5. The van der Waals surface area contributed by atoms with Gasteiger partial charge in [0, 0.05) is 47.0 Å². The molecule has 5 rings (SSSR count). The molecule has 37 heavy (non-hydrogen) atoms. The molecule has 3 aromatic heterocycles. The van der Waals surface area contributed by atoms with Crippen molar-refractivity contribution in [1.82, 2.24) is 14.1 Å². The van der Waals surface area contributed by atoms with Crippen molar-refractivity contribution in [3.05, 3.63) is 81.1 Å². The first-order chi connectivity index (χ1) is 17.7. The number of anilines is 1. The number of ether oxygens (including phenoxy) is 1. The number of benzene rings is 1. The van der Waals surface area contributed by atoms with E-state index in [-0.39, 0.29) is 12.1 Å². The minimum atomic E-state index is -4.76. The summed E-state index contributed by atoms with van der Waals surface area (Å²) in [5, 5.41) is 0.699. The minimum Gasteiger partial charge on any atom is -0.378 e. The maximum atomic E-state index is 13.8. The molecule has 0 amide bonds. The molecular formula is C24H23BrFN4O6P. The van der Waals surface area contributed by atoms with Crippen molar-refractivity contribution in [2.45, 2.75) is 13.3 Å². The van der Waals surface area contributed by atoms with Gasteiger partial charge in [0.25, 0.3) is 5.56 Å². The Kier molecular flexibility index (Phi) is 7.30. The summed E-state index contributed by atoms with van der Waals surface area (Å²) in [6.07, 6.45) is 3.23. The molecule has 0 saturated carbocycles. The van der Waals surface area contributed by atoms with E-state index in [1.54, 1.807) is 35.2 Å². The number of halogens is 2. The lowest BCUT2D eigenvalue weighted by Crippen LogP contribution is -2.38. The molecule has 0 aliphatic carbocycles. The second-order valence-corrected chi connectivity index (χ2v) is 10.7. The van der Waals surface area contributed by atoms with E-state index in [1.807, 2.05) is 11.0 Å². The van der Waals surface area contributed by atoms with Crippen LogP contribution in [0.3, 0.4) is 0 Å². The van der Waals surface area contributed by atoms with Crippen molar-refractivity contribution in [3.8, 4) is 11.1 Å². The summed E-state index contributed by atoms with van der Waals surface area (Å²) in [6.45, 7) is 1.76. The lowest BCUT2D eigenvalue weighted by Gasteiger charge is -2.31. The highest BCUT2D eigenvalue weighted by Crippen LogP contribution is 2.42. The van der Waals surface area contributed by atoms with Crippen molar-refractivity contribution >= 4 is 40.6 Å². The second kappa shape index (κ2) is 10.5. The van der Waals surface area contributed by atoms with Gasteiger partial charge in [0.1, 0.15) is 24.0 Å². The number of hydrogen-bond donors (Lipinski definition) is 2. The highest BCUT2D eigenvalue weighted by molar-refractivity contribution is 9.10. The molecular weight excluding hydrogens is 570 g/mol. The molecule has 0 atom stereocenters. The van der Waals surface area contributed by atoms with E-state index in [2.05, 4.69) is 20.9 Å². The van der Waals surface area contributed by atoms with Gasteiger partial charge in [-0.2, -0.15) is 0 Å². The lowest BCUT2D eigenvalue weighted by molar-refractivity contribution is 0.120. The average Bonchev–Trinajstić information content (AvgIpc) is 3.18. The van der Waals surface area contributed by atoms with Crippen LogP contribution in [0.2, 0.25) is 0 Å². The molecule has 1 aliphatic rings.